The molecule has 1 N–H and O–H groups in total. The molecule has 2 nitrogen and oxygen atoms in total. The average molecular weight is 251 g/mol. The van der Waals surface area contributed by atoms with E-state index in [1.807, 2.05) is 0 Å². The zero-order valence-electron chi connectivity index (χ0n) is 11.2. The Morgan fingerprint density at radius 2 is 1.94 bits per heavy atom. The molecule has 0 aromatic rings. The first-order chi connectivity index (χ1) is 8.52. The molecular formula is C15H22FNO. The number of rotatable bonds is 4. The maximum Gasteiger partial charge on any atom is 0.251 e. The zero-order valence-corrected chi connectivity index (χ0v) is 11.2. The predicted octanol–water partition coefficient (Wildman–Crippen LogP) is 3.67. The van der Waals surface area contributed by atoms with E-state index in [4.69, 9.17) is 0 Å². The van der Waals surface area contributed by atoms with Crippen LogP contribution in [0, 0.1) is 5.92 Å². The second-order valence-corrected chi connectivity index (χ2v) is 4.98. The second-order valence-electron chi connectivity index (χ2n) is 4.98. The molecule has 0 saturated heterocycles. The van der Waals surface area contributed by atoms with Gasteiger partial charge in [-0.15, -0.1) is 0 Å². The van der Waals surface area contributed by atoms with Gasteiger partial charge in [-0.05, 0) is 44.6 Å². The van der Waals surface area contributed by atoms with Gasteiger partial charge in [0.15, 0.2) is 0 Å². The number of allylic oxidation sites excluding steroid dienone is 3. The SMILES string of the molecule is C=C(F)/C=C(\C=C/C)C(=O)NC1CCC(C)CC1. The smallest absolute Gasteiger partial charge is 0.251 e. The number of hydrogen-bond donors (Lipinski definition) is 1. The summed E-state index contributed by atoms with van der Waals surface area (Å²) in [6.07, 6.45) is 8.79. The maximum atomic E-state index is 12.8. The van der Waals surface area contributed by atoms with Gasteiger partial charge in [0, 0.05) is 11.6 Å². The molecule has 0 spiro atoms. The lowest BCUT2D eigenvalue weighted by atomic mass is 9.87. The molecule has 0 heterocycles. The van der Waals surface area contributed by atoms with Crippen molar-refractivity contribution < 1.29 is 9.18 Å². The summed E-state index contributed by atoms with van der Waals surface area (Å²) in [5.74, 6) is -0.0729. The Morgan fingerprint density at radius 3 is 2.44 bits per heavy atom. The monoisotopic (exact) mass is 251 g/mol. The van der Waals surface area contributed by atoms with Crippen LogP contribution in [0.3, 0.4) is 0 Å². The van der Waals surface area contributed by atoms with Crippen LogP contribution in [0.1, 0.15) is 39.5 Å². The first kappa shape index (κ1) is 14.7. The Balaban J connectivity index is 2.59. The predicted molar refractivity (Wildman–Crippen MR) is 72.7 cm³/mol. The van der Waals surface area contributed by atoms with Gasteiger partial charge in [0.1, 0.15) is 5.83 Å². The average Bonchev–Trinajstić information content (AvgIpc) is 2.31. The van der Waals surface area contributed by atoms with Crippen LogP contribution in [-0.2, 0) is 4.79 Å². The normalized spacial score (nSPS) is 25.2. The standard InChI is InChI=1S/C15H22FNO/c1-4-5-13(10-12(3)16)15(18)17-14-8-6-11(2)7-9-14/h4-5,10-11,14H,3,6-9H2,1-2H3,(H,17,18)/b5-4-,13-10+. The third-order valence-electron chi connectivity index (χ3n) is 3.27. The molecule has 0 bridgehead atoms. The highest BCUT2D eigenvalue weighted by Crippen LogP contribution is 2.23. The second kappa shape index (κ2) is 7.14. The lowest BCUT2D eigenvalue weighted by Crippen LogP contribution is -2.37. The van der Waals surface area contributed by atoms with E-state index in [9.17, 15) is 9.18 Å². The van der Waals surface area contributed by atoms with Gasteiger partial charge in [-0.25, -0.2) is 4.39 Å². The van der Waals surface area contributed by atoms with E-state index in [2.05, 4.69) is 18.8 Å². The molecule has 1 amide bonds. The van der Waals surface area contributed by atoms with Crippen molar-refractivity contribution in [3.05, 3.63) is 36.2 Å². The van der Waals surface area contributed by atoms with Crippen LogP contribution in [-0.4, -0.2) is 11.9 Å². The number of amides is 1. The third kappa shape index (κ3) is 4.86. The van der Waals surface area contributed by atoms with Gasteiger partial charge < -0.3 is 5.32 Å². The Labute approximate surface area is 109 Å². The highest BCUT2D eigenvalue weighted by Gasteiger charge is 2.20. The number of hydrogen-bond acceptors (Lipinski definition) is 1. The van der Waals surface area contributed by atoms with Gasteiger partial charge in [0.25, 0.3) is 5.91 Å². The van der Waals surface area contributed by atoms with Gasteiger partial charge in [-0.1, -0.05) is 25.7 Å². The summed E-state index contributed by atoms with van der Waals surface area (Å²) >= 11 is 0. The summed E-state index contributed by atoms with van der Waals surface area (Å²) in [4.78, 5) is 12.0. The molecule has 0 atom stereocenters. The number of nitrogens with one attached hydrogen (secondary N) is 1. The van der Waals surface area contributed by atoms with E-state index in [0.717, 1.165) is 31.6 Å². The number of carbonyl (C=O) groups excluding carboxylic acids is 1. The third-order valence-corrected chi connectivity index (χ3v) is 3.27. The molecule has 0 aromatic carbocycles. The van der Waals surface area contributed by atoms with Crippen LogP contribution in [0.2, 0.25) is 0 Å². The summed E-state index contributed by atoms with van der Waals surface area (Å²) in [6, 6.07) is 0.218. The molecule has 1 saturated carbocycles. The van der Waals surface area contributed by atoms with Crippen molar-refractivity contribution in [2.45, 2.75) is 45.6 Å². The fraction of sp³-hybridized carbons (Fsp3) is 0.533. The molecule has 100 valence electrons. The van der Waals surface area contributed by atoms with Crippen LogP contribution in [0.25, 0.3) is 0 Å². The molecule has 1 rings (SSSR count). The Kier molecular flexibility index (Phi) is 5.83. The van der Waals surface area contributed by atoms with Gasteiger partial charge in [0.2, 0.25) is 0 Å². The Morgan fingerprint density at radius 1 is 1.33 bits per heavy atom. The van der Waals surface area contributed by atoms with Gasteiger partial charge in [-0.3, -0.25) is 4.79 Å². The number of halogens is 1. The minimum atomic E-state index is -0.601. The largest absolute Gasteiger partial charge is 0.349 e. The van der Waals surface area contributed by atoms with Crippen LogP contribution in [0.15, 0.2) is 36.2 Å². The van der Waals surface area contributed by atoms with E-state index in [1.165, 1.54) is 6.08 Å². The van der Waals surface area contributed by atoms with Crippen LogP contribution in [0.5, 0.6) is 0 Å². The fourth-order valence-corrected chi connectivity index (χ4v) is 2.21. The van der Waals surface area contributed by atoms with Gasteiger partial charge in [-0.2, -0.15) is 0 Å². The van der Waals surface area contributed by atoms with E-state index in [0.29, 0.717) is 5.57 Å². The van der Waals surface area contributed by atoms with Crippen LogP contribution in [0.4, 0.5) is 4.39 Å². The van der Waals surface area contributed by atoms with Gasteiger partial charge >= 0.3 is 0 Å². The topological polar surface area (TPSA) is 29.1 Å². The number of carbonyl (C=O) groups is 1. The van der Waals surface area contributed by atoms with Crippen LogP contribution < -0.4 is 5.32 Å². The van der Waals surface area contributed by atoms with Crippen molar-refractivity contribution in [2.75, 3.05) is 0 Å². The minimum absolute atomic E-state index is 0.216. The van der Waals surface area contributed by atoms with Crippen molar-refractivity contribution in [3.8, 4) is 0 Å². The molecule has 0 aliphatic heterocycles. The Hall–Kier alpha value is -1.38. The fourth-order valence-electron chi connectivity index (χ4n) is 2.21. The summed E-state index contributed by atoms with van der Waals surface area (Å²) < 4.78 is 12.8. The molecule has 0 unspecified atom stereocenters. The molecule has 3 heteroatoms. The van der Waals surface area contributed by atoms with E-state index < -0.39 is 5.83 Å². The lowest BCUT2D eigenvalue weighted by Gasteiger charge is -2.27. The summed E-state index contributed by atoms with van der Waals surface area (Å²) in [6.45, 7) is 7.19. The highest BCUT2D eigenvalue weighted by molar-refractivity contribution is 5.96. The first-order valence-corrected chi connectivity index (χ1v) is 6.52. The molecule has 18 heavy (non-hydrogen) atoms. The first-order valence-electron chi connectivity index (χ1n) is 6.52. The highest BCUT2D eigenvalue weighted by atomic mass is 19.1. The molecule has 0 aromatic heterocycles. The zero-order chi connectivity index (χ0) is 13.5. The summed E-state index contributed by atoms with van der Waals surface area (Å²) in [7, 11) is 0. The van der Waals surface area contributed by atoms with Crippen molar-refractivity contribution in [1.29, 1.82) is 0 Å². The lowest BCUT2D eigenvalue weighted by molar-refractivity contribution is -0.118. The quantitative estimate of drug-likeness (QED) is 0.599. The van der Waals surface area contributed by atoms with E-state index in [-0.39, 0.29) is 11.9 Å². The van der Waals surface area contributed by atoms with E-state index in [1.54, 1.807) is 19.1 Å². The molecule has 0 radical (unpaired) electrons. The Bertz CT molecular complexity index is 363. The molecule has 1 fully saturated rings. The van der Waals surface area contributed by atoms with Gasteiger partial charge in [0.05, 0.1) is 0 Å². The van der Waals surface area contributed by atoms with Crippen LogP contribution >= 0.6 is 0 Å². The molecule has 1 aliphatic rings. The molecular weight excluding hydrogens is 229 g/mol. The van der Waals surface area contributed by atoms with Crippen molar-refractivity contribution in [2.24, 2.45) is 5.92 Å². The maximum absolute atomic E-state index is 12.8. The molecule has 1 aliphatic carbocycles. The minimum Gasteiger partial charge on any atom is -0.349 e. The summed E-state index contributed by atoms with van der Waals surface area (Å²) in [5, 5.41) is 2.96. The van der Waals surface area contributed by atoms with Crippen molar-refractivity contribution in [3.63, 3.8) is 0 Å². The van der Waals surface area contributed by atoms with Crippen molar-refractivity contribution >= 4 is 5.91 Å². The van der Waals surface area contributed by atoms with Crippen molar-refractivity contribution in [1.82, 2.24) is 5.32 Å². The summed E-state index contributed by atoms with van der Waals surface area (Å²) in [5.41, 5.74) is 0.323. The van der Waals surface area contributed by atoms with E-state index >= 15 is 0 Å².